The van der Waals surface area contributed by atoms with Crippen molar-refractivity contribution in [1.82, 2.24) is 62.5 Å². The van der Waals surface area contributed by atoms with Crippen LogP contribution in [0.5, 0.6) is 0 Å². The number of fused-ring (bicyclic) bond motifs is 7. The lowest BCUT2D eigenvalue weighted by molar-refractivity contribution is -0.137. The zero-order valence-corrected chi connectivity index (χ0v) is 67.7. The van der Waals surface area contributed by atoms with Gasteiger partial charge in [-0.05, 0) is 151 Å². The minimum Gasteiger partial charge on any atom is -0.361 e. The monoisotopic (exact) mass is 1630 g/mol. The van der Waals surface area contributed by atoms with Crippen LogP contribution in [0.1, 0.15) is 157 Å². The zero-order chi connectivity index (χ0) is 82.7. The molecule has 3 aromatic heterocycles. The SMILES string of the molecule is NCCCC[C@@H]1CC(=O)[C@@H]2CSSC[C@H](NC(=O)[C@H](Cc3c[nH]c4ccccc34)NC(=O)[C@H](CCCCN)NC(=O)[C@H](CCCCN)NC(=O)[C@H](CCCCN)CC1=O)C(=O)N[C@@H](CCCCN)C(=O)N[C@@H](Cc1cnc[nH]1)C(=O)N[C@H](Cc1ccccc1)C(=O)N[C@@H](CC1=CCC=N1)C(=O)C[C@@H](Cc1c[nH]c3ccccc13)C(=O)C2. The number of hydrogen-bond donors (Lipinski definition) is 16. The number of para-hydroxylation sites is 2. The van der Waals surface area contributed by atoms with Gasteiger partial charge in [0.1, 0.15) is 59.6 Å². The Morgan fingerprint density at radius 3 is 1.37 bits per heavy atom. The van der Waals surface area contributed by atoms with E-state index in [9.17, 15) is 0 Å². The number of aromatic amines is 3. The van der Waals surface area contributed by atoms with Crippen LogP contribution in [0.3, 0.4) is 0 Å². The molecule has 2 fully saturated rings. The smallest absolute Gasteiger partial charge is 0.244 e. The van der Waals surface area contributed by atoms with Crippen molar-refractivity contribution in [3.05, 3.63) is 138 Å². The summed E-state index contributed by atoms with van der Waals surface area (Å²) < 4.78 is 0. The number of hydrogen-bond acceptors (Lipinski definition) is 21. The van der Waals surface area contributed by atoms with Crippen molar-refractivity contribution in [1.29, 1.82) is 0 Å². The molecule has 626 valence electrons. The fraction of sp³-hybridized carbons (Fsp3) is 0.524. The van der Waals surface area contributed by atoms with E-state index >= 15 is 57.5 Å². The number of amides is 8. The highest BCUT2D eigenvalue weighted by atomic mass is 33.1. The predicted molar refractivity (Wildman–Crippen MR) is 450 cm³/mol. The molecule has 30 nitrogen and oxygen atoms in total. The van der Waals surface area contributed by atoms with Gasteiger partial charge in [-0.2, -0.15) is 0 Å². The van der Waals surface area contributed by atoms with Gasteiger partial charge in [0.2, 0.25) is 47.3 Å². The number of nitrogens with zero attached hydrogens (tertiary/aromatic N) is 2. The number of benzene rings is 3. The fourth-order valence-corrected chi connectivity index (χ4v) is 17.6. The molecule has 3 aliphatic rings. The summed E-state index contributed by atoms with van der Waals surface area (Å²) in [6.07, 6.45) is 12.5. The molecule has 2 saturated heterocycles. The molecule has 116 heavy (non-hydrogen) atoms. The van der Waals surface area contributed by atoms with Gasteiger partial charge in [-0.1, -0.05) is 107 Å². The molecule has 21 N–H and O–H groups in total. The van der Waals surface area contributed by atoms with E-state index in [1.165, 1.54) is 12.5 Å². The van der Waals surface area contributed by atoms with E-state index in [0.717, 1.165) is 32.5 Å². The van der Waals surface area contributed by atoms with E-state index in [4.69, 9.17) is 28.7 Å². The van der Waals surface area contributed by atoms with E-state index in [2.05, 4.69) is 67.5 Å². The van der Waals surface area contributed by atoms with Crippen LogP contribution in [0.4, 0.5) is 0 Å². The maximum absolute atomic E-state index is 16.0. The average molecular weight is 1630 g/mol. The fourth-order valence-electron chi connectivity index (χ4n) is 15.0. The first-order valence-corrected chi connectivity index (χ1v) is 43.4. The van der Waals surface area contributed by atoms with E-state index in [1.54, 1.807) is 48.9 Å². The van der Waals surface area contributed by atoms with Crippen LogP contribution in [0, 0.1) is 23.7 Å². The van der Waals surface area contributed by atoms with Gasteiger partial charge in [-0.3, -0.25) is 62.5 Å². The molecule has 0 aliphatic carbocycles. The number of unbranched alkanes of at least 4 members (excludes halogenated alkanes) is 5. The Bertz CT molecular complexity index is 4320. The Morgan fingerprint density at radius 2 is 0.819 bits per heavy atom. The number of rotatable bonds is 30. The number of aliphatic imine (C=N–C) groups is 1. The number of imidazole rings is 1. The first kappa shape index (κ1) is 90.2. The Hall–Kier alpha value is -9.70. The highest BCUT2D eigenvalue weighted by Crippen LogP contribution is 2.34. The summed E-state index contributed by atoms with van der Waals surface area (Å²) in [5.41, 5.74) is 34.4. The van der Waals surface area contributed by atoms with E-state index in [0.29, 0.717) is 103 Å². The molecule has 8 amide bonds. The molecule has 0 saturated carbocycles. The number of aromatic nitrogens is 4. The molecule has 3 aliphatic heterocycles. The minimum absolute atomic E-state index is 0.0151. The maximum Gasteiger partial charge on any atom is 0.244 e. The lowest BCUT2D eigenvalue weighted by Crippen LogP contribution is -2.61. The summed E-state index contributed by atoms with van der Waals surface area (Å²) in [6, 6.07) is 12.3. The number of ketones is 4. The Labute approximate surface area is 684 Å². The van der Waals surface area contributed by atoms with Crippen molar-refractivity contribution in [2.24, 2.45) is 57.3 Å². The summed E-state index contributed by atoms with van der Waals surface area (Å²) in [5.74, 6) is -13.1. The predicted octanol–water partition coefficient (Wildman–Crippen LogP) is 4.62. The third-order valence-electron chi connectivity index (χ3n) is 21.7. The number of allylic oxidation sites excluding steroid dienone is 1. The summed E-state index contributed by atoms with van der Waals surface area (Å²) in [4.78, 5) is 204. The molecule has 0 spiro atoms. The number of carbonyl (C=O) groups is 12. The Kier molecular flexibility index (Phi) is 36.9. The summed E-state index contributed by atoms with van der Waals surface area (Å²) in [5, 5.41) is 24.8. The molecular formula is C84H116N18O12S2. The highest BCUT2D eigenvalue weighted by molar-refractivity contribution is 8.76. The summed E-state index contributed by atoms with van der Waals surface area (Å²) >= 11 is 0. The average Bonchev–Trinajstić information content (AvgIpc) is 1.64. The molecule has 12 atom stereocenters. The van der Waals surface area contributed by atoms with Crippen LogP contribution in [-0.4, -0.2) is 189 Å². The van der Waals surface area contributed by atoms with Gasteiger partial charge in [0, 0.05) is 151 Å². The first-order valence-electron chi connectivity index (χ1n) is 40.9. The van der Waals surface area contributed by atoms with Crippen molar-refractivity contribution in [2.75, 3.05) is 44.2 Å². The topological polar surface area (TPSA) is 504 Å². The number of nitrogens with two attached hydrogens (primary N) is 5. The Morgan fingerprint density at radius 1 is 0.371 bits per heavy atom. The molecular weight excluding hydrogens is 1520 g/mol. The van der Waals surface area contributed by atoms with Gasteiger partial charge in [-0.15, -0.1) is 0 Å². The number of nitrogens with one attached hydrogen (secondary N) is 11. The van der Waals surface area contributed by atoms with E-state index < -0.39 is 155 Å². The standard InChI is InChI=1S/C84H116N18O12S2/c85-31-13-8-21-53-40-75(105)58-43-74(104)55(38-56-46-92-63-26-6-4-24-61(56)63)42-76(106)68(44-59-23-18-36-91-59)98-81(111)69(37-52-19-2-1-3-20-52)99-83(113)71(45-60-48-90-51-94-60)101-80(110)67(30-12-17-35-89)97-84(114)72(50-116-115-49-58)102-82(112)70(39-57-47-93-64-27-7-5-25-62(57)64)100-79(109)66(29-11-16-34-88)96-78(108)65(28-10-15-33-87)95-77(107)54(41-73(53)103)22-9-14-32-86/h1-7,19-20,23-27,36,46-48,51,53-55,58,65-72,92-93H,8-18,21-22,28-35,37-45,49-50,85-89H2,(H,90,94)(H,95,107)(H,96,108)(H,97,114)(H,98,111)(H,99,113)(H,100,109)(H,101,110)(H,102,112)/t53-,54-,55-,58+,65+,66+,67+,68+,69-,70+,71+,72+/m1/s1. The van der Waals surface area contributed by atoms with E-state index in [-0.39, 0.29) is 128 Å². The van der Waals surface area contributed by atoms with Gasteiger partial charge in [0.25, 0.3) is 0 Å². The Balaban J connectivity index is 1.20. The minimum atomic E-state index is -1.57. The zero-order valence-electron chi connectivity index (χ0n) is 66.0. The molecule has 0 radical (unpaired) electrons. The third kappa shape index (κ3) is 27.7. The van der Waals surface area contributed by atoms with E-state index in [1.807, 2.05) is 54.6 Å². The van der Waals surface area contributed by atoms with Crippen molar-refractivity contribution >= 4 is 120 Å². The molecule has 32 heteroatoms. The normalized spacial score (nSPS) is 24.2. The van der Waals surface area contributed by atoms with Crippen LogP contribution in [-0.2, 0) is 83.2 Å². The summed E-state index contributed by atoms with van der Waals surface area (Å²) in [6.45, 7) is 1.26. The van der Waals surface area contributed by atoms with Crippen molar-refractivity contribution in [3.63, 3.8) is 0 Å². The largest absolute Gasteiger partial charge is 0.361 e. The highest BCUT2D eigenvalue weighted by Gasteiger charge is 2.40. The second-order valence-corrected chi connectivity index (χ2v) is 33.0. The van der Waals surface area contributed by atoms with Gasteiger partial charge in [0.15, 0.2) is 5.78 Å². The van der Waals surface area contributed by atoms with Crippen LogP contribution >= 0.6 is 21.6 Å². The third-order valence-corrected chi connectivity index (χ3v) is 24.2. The molecule has 3 aromatic carbocycles. The lowest BCUT2D eigenvalue weighted by Gasteiger charge is -2.28. The van der Waals surface area contributed by atoms with Crippen LogP contribution < -0.4 is 71.2 Å². The van der Waals surface area contributed by atoms with Crippen molar-refractivity contribution < 1.29 is 57.5 Å². The molecule has 6 heterocycles. The number of Topliss-reactive ketones (excluding diaryl/α,β-unsaturated/α-hetero) is 4. The quantitative estimate of drug-likeness (QED) is 0.0216. The van der Waals surface area contributed by atoms with Gasteiger partial charge in [0.05, 0.1) is 12.4 Å². The van der Waals surface area contributed by atoms with Gasteiger partial charge >= 0.3 is 0 Å². The molecule has 2 bridgehead atoms. The molecule has 9 rings (SSSR count). The number of H-pyrrole nitrogens is 3. The van der Waals surface area contributed by atoms with Crippen LogP contribution in [0.15, 0.2) is 121 Å². The molecule has 0 unspecified atom stereocenters. The van der Waals surface area contributed by atoms with Crippen LogP contribution in [0.2, 0.25) is 0 Å². The van der Waals surface area contributed by atoms with Crippen molar-refractivity contribution in [3.8, 4) is 0 Å². The second-order valence-electron chi connectivity index (χ2n) is 30.5. The van der Waals surface area contributed by atoms with Gasteiger partial charge < -0.3 is 86.2 Å². The van der Waals surface area contributed by atoms with Crippen molar-refractivity contribution in [2.45, 2.75) is 209 Å². The number of carbonyl (C=O) groups excluding carboxylic acids is 12. The molecule has 6 aromatic rings. The van der Waals surface area contributed by atoms with Gasteiger partial charge in [-0.25, -0.2) is 4.98 Å². The maximum atomic E-state index is 16.0. The van der Waals surface area contributed by atoms with Crippen LogP contribution in [0.25, 0.3) is 21.8 Å². The lowest BCUT2D eigenvalue weighted by atomic mass is 9.80. The first-order chi connectivity index (χ1) is 56.3. The second kappa shape index (κ2) is 47.5. The summed E-state index contributed by atoms with van der Waals surface area (Å²) in [7, 11) is 2.16.